The molecule has 186 valence electrons. The Labute approximate surface area is 198 Å². The van der Waals surface area contributed by atoms with E-state index in [1.807, 2.05) is 27.8 Å². The van der Waals surface area contributed by atoms with Crippen molar-refractivity contribution in [3.8, 4) is 11.5 Å². The third-order valence-electron chi connectivity index (χ3n) is 7.19. The first-order chi connectivity index (χ1) is 16.0. The maximum Gasteiger partial charge on any atom is 0.431 e. The number of amides is 1. The molecule has 0 bridgehead atoms. The van der Waals surface area contributed by atoms with Crippen LogP contribution in [0.1, 0.15) is 48.9 Å². The number of fused-ring (bicyclic) bond motifs is 2. The largest absolute Gasteiger partial charge is 0.493 e. The Kier molecular flexibility index (Phi) is 6.35. The van der Waals surface area contributed by atoms with Gasteiger partial charge in [0.25, 0.3) is 5.91 Å². The van der Waals surface area contributed by atoms with Crippen molar-refractivity contribution in [3.05, 3.63) is 47.3 Å². The van der Waals surface area contributed by atoms with Gasteiger partial charge < -0.3 is 18.9 Å². The number of likely N-dealkylation sites (tertiary alicyclic amines) is 1. The summed E-state index contributed by atoms with van der Waals surface area (Å²) in [7, 11) is 3.50. The molecule has 2 aliphatic heterocycles. The number of carbonyl (C=O) groups excluding carboxylic acids is 1. The lowest BCUT2D eigenvalue weighted by atomic mass is 9.74. The first-order valence-corrected chi connectivity index (χ1v) is 11.6. The van der Waals surface area contributed by atoms with E-state index < -0.39 is 17.4 Å². The summed E-state index contributed by atoms with van der Waals surface area (Å²) in [4.78, 5) is 17.3. The summed E-state index contributed by atoms with van der Waals surface area (Å²) in [5.41, 5.74) is 0.0305. The van der Waals surface area contributed by atoms with E-state index in [0.717, 1.165) is 0 Å². The molecule has 1 saturated heterocycles. The number of hydrogen-bond donors (Lipinski definition) is 0. The molecule has 2 aromatic rings. The maximum absolute atomic E-state index is 13.6. The highest BCUT2D eigenvalue weighted by molar-refractivity contribution is 5.95. The van der Waals surface area contributed by atoms with Gasteiger partial charge in [-0.25, -0.2) is 0 Å². The highest BCUT2D eigenvalue weighted by Crippen LogP contribution is 2.46. The third kappa shape index (κ3) is 4.04. The predicted octanol–water partition coefficient (Wildman–Crippen LogP) is 4.63. The lowest BCUT2D eigenvalue weighted by Crippen LogP contribution is -2.61. The van der Waals surface area contributed by atoms with Crippen molar-refractivity contribution in [2.75, 3.05) is 33.8 Å². The Hall–Kier alpha value is -2.68. The first-order valence-electron chi connectivity index (χ1n) is 11.6. The van der Waals surface area contributed by atoms with Gasteiger partial charge >= 0.3 is 6.18 Å². The molecule has 0 saturated carbocycles. The smallest absolute Gasteiger partial charge is 0.431 e. The summed E-state index contributed by atoms with van der Waals surface area (Å²) in [5.74, 6) is 0.882. The van der Waals surface area contributed by atoms with Crippen LogP contribution in [0, 0.1) is 5.92 Å². The van der Waals surface area contributed by atoms with Gasteiger partial charge in [-0.1, -0.05) is 6.92 Å². The molecule has 1 amide bonds. The zero-order valence-electron chi connectivity index (χ0n) is 20.3. The van der Waals surface area contributed by atoms with Gasteiger partial charge in [-0.3, -0.25) is 9.69 Å². The van der Waals surface area contributed by atoms with E-state index in [9.17, 15) is 18.0 Å². The molecule has 2 aliphatic rings. The van der Waals surface area contributed by atoms with E-state index >= 15 is 0 Å². The van der Waals surface area contributed by atoms with Crippen LogP contribution >= 0.6 is 0 Å². The minimum absolute atomic E-state index is 0.0288. The van der Waals surface area contributed by atoms with Crippen molar-refractivity contribution < 1.29 is 27.4 Å². The lowest BCUT2D eigenvalue weighted by Gasteiger charge is -2.54. The van der Waals surface area contributed by atoms with Crippen molar-refractivity contribution in [3.63, 3.8) is 0 Å². The number of halogens is 3. The van der Waals surface area contributed by atoms with E-state index in [1.54, 1.807) is 29.2 Å². The molecule has 34 heavy (non-hydrogen) atoms. The number of nitrogens with zero attached hydrogens (tertiary/aromatic N) is 3. The number of hydrogen-bond acceptors (Lipinski definition) is 4. The molecule has 1 spiro atoms. The summed E-state index contributed by atoms with van der Waals surface area (Å²) in [6.07, 6.45) is -3.86. The number of alkyl halides is 3. The molecule has 0 N–H and O–H groups in total. The predicted molar refractivity (Wildman–Crippen MR) is 122 cm³/mol. The number of methoxy groups -OCH3 is 1. The van der Waals surface area contributed by atoms with Crippen molar-refractivity contribution >= 4 is 5.91 Å². The standard InChI is InChI=1S/C25H32F3N3O3/c1-16(2)34-19-7-6-18(14-20(19)33-5)23(32)30-11-10-24(17(3)15-30)21-8-9-22(25(26,27)28)31(21)13-12-29(24)4/h6-9,14,16-17H,10-13,15H2,1-5H3/t17-,24-/m0/s1. The molecule has 1 aromatic heterocycles. The molecule has 2 atom stereocenters. The second-order valence-corrected chi connectivity index (χ2v) is 9.53. The van der Waals surface area contributed by atoms with Gasteiger partial charge in [0.05, 0.1) is 18.8 Å². The Morgan fingerprint density at radius 2 is 1.85 bits per heavy atom. The van der Waals surface area contributed by atoms with Gasteiger partial charge in [0.1, 0.15) is 5.69 Å². The lowest BCUT2D eigenvalue weighted by molar-refractivity contribution is -0.145. The number of likely N-dealkylation sites (N-methyl/N-ethyl adjacent to an activating group) is 1. The van der Waals surface area contributed by atoms with Gasteiger partial charge in [0.15, 0.2) is 11.5 Å². The van der Waals surface area contributed by atoms with Crippen LogP contribution in [0.2, 0.25) is 0 Å². The van der Waals surface area contributed by atoms with Gasteiger partial charge in [0, 0.05) is 37.4 Å². The minimum atomic E-state index is -4.39. The third-order valence-corrected chi connectivity index (χ3v) is 7.19. The topological polar surface area (TPSA) is 46.9 Å². The molecule has 0 unspecified atom stereocenters. The second-order valence-electron chi connectivity index (χ2n) is 9.53. The molecule has 1 fully saturated rings. The molecule has 4 rings (SSSR count). The highest BCUT2D eigenvalue weighted by Gasteiger charge is 2.51. The fraction of sp³-hybridized carbons (Fsp3) is 0.560. The molecule has 0 radical (unpaired) electrons. The van der Waals surface area contributed by atoms with Crippen molar-refractivity contribution in [1.29, 1.82) is 0 Å². The van der Waals surface area contributed by atoms with E-state index in [1.165, 1.54) is 17.7 Å². The van der Waals surface area contributed by atoms with E-state index in [4.69, 9.17) is 9.47 Å². The van der Waals surface area contributed by atoms with Crippen LogP contribution in [0.15, 0.2) is 30.3 Å². The Morgan fingerprint density at radius 1 is 1.12 bits per heavy atom. The van der Waals surface area contributed by atoms with Crippen LogP contribution in [-0.2, 0) is 18.3 Å². The van der Waals surface area contributed by atoms with Crippen LogP contribution in [0.5, 0.6) is 11.5 Å². The zero-order chi connectivity index (χ0) is 24.8. The number of piperidine rings is 1. The first kappa shape index (κ1) is 24.4. The summed E-state index contributed by atoms with van der Waals surface area (Å²) in [6.45, 7) is 7.58. The molecule has 0 aliphatic carbocycles. The van der Waals surface area contributed by atoms with E-state index in [-0.39, 0.29) is 17.9 Å². The average molecular weight is 480 g/mol. The van der Waals surface area contributed by atoms with Crippen LogP contribution in [0.25, 0.3) is 0 Å². The van der Waals surface area contributed by atoms with Crippen molar-refractivity contribution in [2.45, 2.75) is 51.6 Å². The zero-order valence-corrected chi connectivity index (χ0v) is 20.3. The monoisotopic (exact) mass is 479 g/mol. The minimum Gasteiger partial charge on any atom is -0.493 e. The number of benzene rings is 1. The van der Waals surface area contributed by atoms with Crippen LogP contribution in [0.4, 0.5) is 13.2 Å². The summed E-state index contributed by atoms with van der Waals surface area (Å²) in [6, 6.07) is 7.95. The molecule has 9 heteroatoms. The van der Waals surface area contributed by atoms with Crippen LogP contribution < -0.4 is 9.47 Å². The van der Waals surface area contributed by atoms with Gasteiger partial charge in [-0.05, 0) is 63.6 Å². The Balaban J connectivity index is 1.59. The second kappa shape index (κ2) is 8.83. The SMILES string of the molecule is COc1cc(C(=O)N2CC[C@@]3(c4ccc(C(F)(F)F)n4CCN3C)[C@@H](C)C2)ccc1OC(C)C. The fourth-order valence-electron chi connectivity index (χ4n) is 5.57. The number of aromatic nitrogens is 1. The fourth-order valence-corrected chi connectivity index (χ4v) is 5.57. The van der Waals surface area contributed by atoms with E-state index in [0.29, 0.717) is 55.4 Å². The van der Waals surface area contributed by atoms with Crippen molar-refractivity contribution in [2.24, 2.45) is 5.92 Å². The maximum atomic E-state index is 13.6. The number of ether oxygens (including phenoxy) is 2. The molecular formula is C25H32F3N3O3. The van der Waals surface area contributed by atoms with Crippen LogP contribution in [-0.4, -0.2) is 60.2 Å². The number of rotatable bonds is 4. The molecular weight excluding hydrogens is 447 g/mol. The Bertz CT molecular complexity index is 1070. The highest BCUT2D eigenvalue weighted by atomic mass is 19.4. The summed E-state index contributed by atoms with van der Waals surface area (Å²) < 4.78 is 53.3. The van der Waals surface area contributed by atoms with Crippen molar-refractivity contribution in [1.82, 2.24) is 14.4 Å². The quantitative estimate of drug-likeness (QED) is 0.642. The molecule has 6 nitrogen and oxygen atoms in total. The normalized spacial score (nSPS) is 23.3. The van der Waals surface area contributed by atoms with Gasteiger partial charge in [-0.15, -0.1) is 0 Å². The summed E-state index contributed by atoms with van der Waals surface area (Å²) >= 11 is 0. The molecule has 3 heterocycles. The van der Waals surface area contributed by atoms with Gasteiger partial charge in [-0.2, -0.15) is 13.2 Å². The summed E-state index contributed by atoms with van der Waals surface area (Å²) in [5, 5.41) is 0. The van der Waals surface area contributed by atoms with Crippen LogP contribution in [0.3, 0.4) is 0 Å². The van der Waals surface area contributed by atoms with E-state index in [2.05, 4.69) is 4.90 Å². The average Bonchev–Trinajstić information content (AvgIpc) is 3.22. The van der Waals surface area contributed by atoms with Gasteiger partial charge in [0.2, 0.25) is 0 Å². The Morgan fingerprint density at radius 3 is 2.47 bits per heavy atom. The molecule has 1 aromatic carbocycles. The number of carbonyl (C=O) groups is 1.